The predicted octanol–water partition coefficient (Wildman–Crippen LogP) is 2.44. The first-order valence-corrected chi connectivity index (χ1v) is 6.95. The van der Waals surface area contributed by atoms with Crippen LogP contribution in [-0.2, 0) is 9.53 Å². The third kappa shape index (κ3) is 1.63. The van der Waals surface area contributed by atoms with E-state index in [0.717, 1.165) is 19.3 Å². The molecule has 3 heteroatoms. The highest BCUT2D eigenvalue weighted by Gasteiger charge is 2.62. The molecule has 0 heterocycles. The zero-order chi connectivity index (χ0) is 13.1. The van der Waals surface area contributed by atoms with Crippen LogP contribution in [0, 0.1) is 17.8 Å². The third-order valence-electron chi connectivity index (χ3n) is 5.41. The highest BCUT2D eigenvalue weighted by Crippen LogP contribution is 2.61. The van der Waals surface area contributed by atoms with Crippen LogP contribution in [0.3, 0.4) is 0 Å². The van der Waals surface area contributed by atoms with Gasteiger partial charge in [-0.1, -0.05) is 13.5 Å². The van der Waals surface area contributed by atoms with Gasteiger partial charge in [0.25, 0.3) is 0 Å². The fourth-order valence-corrected chi connectivity index (χ4v) is 4.68. The SMILES string of the molecule is C=C(C)C(=O)OC12CC3CC(C1)C(C)C(O)(C3)C2. The van der Waals surface area contributed by atoms with Crippen LogP contribution in [0.4, 0.5) is 0 Å². The second-order valence-electron chi connectivity index (χ2n) is 6.90. The Labute approximate surface area is 108 Å². The normalized spacial score (nSPS) is 49.2. The number of rotatable bonds is 2. The summed E-state index contributed by atoms with van der Waals surface area (Å²) in [6.45, 7) is 7.48. The maximum Gasteiger partial charge on any atom is 0.333 e. The number of aliphatic hydroxyl groups is 1. The van der Waals surface area contributed by atoms with Crippen molar-refractivity contribution in [2.24, 2.45) is 17.8 Å². The average molecular weight is 250 g/mol. The van der Waals surface area contributed by atoms with Crippen molar-refractivity contribution < 1.29 is 14.6 Å². The van der Waals surface area contributed by atoms with Crippen molar-refractivity contribution in [3.63, 3.8) is 0 Å². The molecule has 100 valence electrons. The van der Waals surface area contributed by atoms with Crippen LogP contribution in [0.15, 0.2) is 12.2 Å². The van der Waals surface area contributed by atoms with E-state index in [0.29, 0.717) is 29.7 Å². The van der Waals surface area contributed by atoms with Crippen molar-refractivity contribution in [3.8, 4) is 0 Å². The molecule has 4 rings (SSSR count). The summed E-state index contributed by atoms with van der Waals surface area (Å²) in [6, 6.07) is 0. The summed E-state index contributed by atoms with van der Waals surface area (Å²) < 4.78 is 5.73. The summed E-state index contributed by atoms with van der Waals surface area (Å²) in [4.78, 5) is 11.8. The molecule has 0 aromatic heterocycles. The van der Waals surface area contributed by atoms with Gasteiger partial charge in [0.15, 0.2) is 0 Å². The van der Waals surface area contributed by atoms with Crippen LogP contribution in [0.1, 0.15) is 46.0 Å². The van der Waals surface area contributed by atoms with Gasteiger partial charge in [0, 0.05) is 12.0 Å². The first kappa shape index (κ1) is 12.2. The molecule has 0 aromatic rings. The van der Waals surface area contributed by atoms with E-state index in [1.54, 1.807) is 6.92 Å². The topological polar surface area (TPSA) is 46.5 Å². The molecule has 3 nitrogen and oxygen atoms in total. The standard InChI is InChI=1S/C15H22O3/c1-9(2)13(16)18-14-5-11-4-12(7-14)10(3)15(17,6-11)8-14/h10-12,17H,1,4-8H2,2-3H3. The minimum absolute atomic E-state index is 0.298. The molecule has 0 amide bonds. The highest BCUT2D eigenvalue weighted by molar-refractivity contribution is 5.87. The van der Waals surface area contributed by atoms with Gasteiger partial charge in [-0.3, -0.25) is 0 Å². The number of ether oxygens (including phenoxy) is 1. The van der Waals surface area contributed by atoms with E-state index >= 15 is 0 Å². The summed E-state index contributed by atoms with van der Waals surface area (Å²) >= 11 is 0. The number of hydrogen-bond donors (Lipinski definition) is 1. The summed E-state index contributed by atoms with van der Waals surface area (Å²) in [6.07, 6.45) is 4.55. The van der Waals surface area contributed by atoms with Crippen molar-refractivity contribution in [3.05, 3.63) is 12.2 Å². The minimum atomic E-state index is -0.612. The Morgan fingerprint density at radius 1 is 1.39 bits per heavy atom. The van der Waals surface area contributed by atoms with Gasteiger partial charge in [-0.15, -0.1) is 0 Å². The van der Waals surface area contributed by atoms with E-state index in [-0.39, 0.29) is 5.97 Å². The number of carbonyl (C=O) groups is 1. The van der Waals surface area contributed by atoms with Gasteiger partial charge in [-0.05, 0) is 50.4 Å². The van der Waals surface area contributed by atoms with E-state index in [4.69, 9.17) is 4.74 Å². The molecule has 0 saturated heterocycles. The zero-order valence-corrected chi connectivity index (χ0v) is 11.2. The summed E-state index contributed by atoms with van der Waals surface area (Å²) in [5.41, 5.74) is -0.575. The Morgan fingerprint density at radius 2 is 2.11 bits per heavy atom. The molecule has 18 heavy (non-hydrogen) atoms. The smallest absolute Gasteiger partial charge is 0.333 e. The number of esters is 1. The Bertz CT molecular complexity index is 416. The monoisotopic (exact) mass is 250 g/mol. The lowest BCUT2D eigenvalue weighted by atomic mass is 9.48. The fourth-order valence-electron chi connectivity index (χ4n) is 4.68. The fraction of sp³-hybridized carbons (Fsp3) is 0.800. The Hall–Kier alpha value is -0.830. The lowest BCUT2D eigenvalue weighted by Crippen LogP contribution is -2.64. The van der Waals surface area contributed by atoms with Gasteiger partial charge in [-0.2, -0.15) is 0 Å². The average Bonchev–Trinajstić information content (AvgIpc) is 2.23. The molecule has 5 atom stereocenters. The minimum Gasteiger partial charge on any atom is -0.456 e. The van der Waals surface area contributed by atoms with Gasteiger partial charge in [0.2, 0.25) is 0 Å². The molecule has 4 aliphatic carbocycles. The van der Waals surface area contributed by atoms with E-state index in [1.807, 2.05) is 0 Å². The third-order valence-corrected chi connectivity index (χ3v) is 5.41. The maximum absolute atomic E-state index is 11.8. The molecular weight excluding hydrogens is 228 g/mol. The lowest BCUT2D eigenvalue weighted by molar-refractivity contribution is -0.238. The van der Waals surface area contributed by atoms with E-state index in [9.17, 15) is 9.90 Å². The van der Waals surface area contributed by atoms with Crippen LogP contribution in [0.5, 0.6) is 0 Å². The number of hydrogen-bond acceptors (Lipinski definition) is 3. The Kier molecular flexibility index (Phi) is 2.44. The molecule has 4 bridgehead atoms. The summed E-state index contributed by atoms with van der Waals surface area (Å²) in [5, 5.41) is 10.8. The molecule has 1 N–H and O–H groups in total. The van der Waals surface area contributed by atoms with Crippen molar-refractivity contribution in [1.29, 1.82) is 0 Å². The molecule has 4 saturated carbocycles. The maximum atomic E-state index is 11.8. The van der Waals surface area contributed by atoms with Gasteiger partial charge in [0.1, 0.15) is 5.60 Å². The molecule has 0 aliphatic heterocycles. The Morgan fingerprint density at radius 3 is 2.72 bits per heavy atom. The lowest BCUT2D eigenvalue weighted by Gasteiger charge is -2.62. The van der Waals surface area contributed by atoms with Crippen LogP contribution in [0.2, 0.25) is 0 Å². The molecule has 5 unspecified atom stereocenters. The summed E-state index contributed by atoms with van der Waals surface area (Å²) in [7, 11) is 0. The quantitative estimate of drug-likeness (QED) is 0.605. The molecule has 0 radical (unpaired) electrons. The molecule has 0 spiro atoms. The van der Waals surface area contributed by atoms with E-state index < -0.39 is 11.2 Å². The molecular formula is C15H22O3. The predicted molar refractivity (Wildman–Crippen MR) is 67.8 cm³/mol. The first-order valence-electron chi connectivity index (χ1n) is 6.95. The highest BCUT2D eigenvalue weighted by atomic mass is 16.6. The van der Waals surface area contributed by atoms with Gasteiger partial charge < -0.3 is 9.84 Å². The van der Waals surface area contributed by atoms with Gasteiger partial charge in [0.05, 0.1) is 5.60 Å². The van der Waals surface area contributed by atoms with Crippen LogP contribution < -0.4 is 0 Å². The van der Waals surface area contributed by atoms with Gasteiger partial charge >= 0.3 is 5.97 Å². The molecule has 0 aromatic carbocycles. The van der Waals surface area contributed by atoms with Crippen molar-refractivity contribution in [1.82, 2.24) is 0 Å². The zero-order valence-electron chi connectivity index (χ0n) is 11.2. The molecule has 4 aliphatic rings. The second kappa shape index (κ2) is 3.60. The summed E-state index contributed by atoms with van der Waals surface area (Å²) in [5.74, 6) is 1.07. The van der Waals surface area contributed by atoms with Crippen molar-refractivity contribution >= 4 is 5.97 Å². The first-order chi connectivity index (χ1) is 8.34. The second-order valence-corrected chi connectivity index (χ2v) is 6.90. The Balaban J connectivity index is 1.87. The molecule has 4 fully saturated rings. The van der Waals surface area contributed by atoms with Crippen LogP contribution in [-0.4, -0.2) is 22.3 Å². The van der Waals surface area contributed by atoms with E-state index in [1.165, 1.54) is 6.42 Å². The number of carbonyl (C=O) groups excluding carboxylic acids is 1. The van der Waals surface area contributed by atoms with Gasteiger partial charge in [-0.25, -0.2) is 4.79 Å². The van der Waals surface area contributed by atoms with E-state index in [2.05, 4.69) is 13.5 Å². The van der Waals surface area contributed by atoms with Crippen LogP contribution in [0.25, 0.3) is 0 Å². The largest absolute Gasteiger partial charge is 0.456 e. The van der Waals surface area contributed by atoms with Crippen molar-refractivity contribution in [2.45, 2.75) is 57.2 Å². The van der Waals surface area contributed by atoms with Crippen molar-refractivity contribution in [2.75, 3.05) is 0 Å². The van der Waals surface area contributed by atoms with Crippen LogP contribution >= 0.6 is 0 Å².